The smallest absolute Gasteiger partial charge is 0.0767 e. The Bertz CT molecular complexity index is 249. The third-order valence-corrected chi connectivity index (χ3v) is 1.92. The molecule has 1 aromatic heterocycles. The Morgan fingerprint density at radius 3 is 3.00 bits per heavy atom. The van der Waals surface area contributed by atoms with Crippen LogP contribution in [0.15, 0.2) is 6.20 Å². The third-order valence-electron chi connectivity index (χ3n) is 1.92. The SMILES string of the molecule is COCCC(NN)c1cnnn1C. The number of ether oxygens (including phenoxy) is 1. The monoisotopic (exact) mass is 185 g/mol. The lowest BCUT2D eigenvalue weighted by atomic mass is 10.2. The van der Waals surface area contributed by atoms with Crippen LogP contribution < -0.4 is 11.3 Å². The number of hydrazine groups is 1. The van der Waals surface area contributed by atoms with Gasteiger partial charge in [0.25, 0.3) is 0 Å². The molecule has 1 unspecified atom stereocenters. The van der Waals surface area contributed by atoms with Crippen molar-refractivity contribution in [3.8, 4) is 0 Å². The number of rotatable bonds is 5. The van der Waals surface area contributed by atoms with Crippen molar-refractivity contribution >= 4 is 0 Å². The fourth-order valence-electron chi connectivity index (χ4n) is 1.17. The molecule has 0 saturated carbocycles. The molecule has 1 heterocycles. The lowest BCUT2D eigenvalue weighted by Crippen LogP contribution is -2.30. The first-order chi connectivity index (χ1) is 6.29. The van der Waals surface area contributed by atoms with Crippen molar-refractivity contribution in [2.75, 3.05) is 13.7 Å². The van der Waals surface area contributed by atoms with Crippen LogP contribution in [0.3, 0.4) is 0 Å². The maximum Gasteiger partial charge on any atom is 0.0767 e. The Kier molecular flexibility index (Phi) is 3.81. The number of aromatic nitrogens is 3. The predicted octanol–water partition coefficient (Wildman–Crippen LogP) is -0.644. The largest absolute Gasteiger partial charge is 0.385 e. The van der Waals surface area contributed by atoms with E-state index in [2.05, 4.69) is 15.7 Å². The molecule has 1 rings (SSSR count). The molecule has 3 N–H and O–H groups in total. The average molecular weight is 185 g/mol. The minimum Gasteiger partial charge on any atom is -0.385 e. The Balaban J connectivity index is 2.61. The molecule has 1 atom stereocenters. The first kappa shape index (κ1) is 10.1. The van der Waals surface area contributed by atoms with Gasteiger partial charge in [0, 0.05) is 20.8 Å². The fourth-order valence-corrected chi connectivity index (χ4v) is 1.17. The highest BCUT2D eigenvalue weighted by Gasteiger charge is 2.13. The molecular formula is C7H15N5O. The van der Waals surface area contributed by atoms with Gasteiger partial charge < -0.3 is 4.74 Å². The zero-order valence-electron chi connectivity index (χ0n) is 7.90. The number of nitrogens with zero attached hydrogens (tertiary/aromatic N) is 3. The maximum absolute atomic E-state index is 5.40. The minimum atomic E-state index is 0.0416. The van der Waals surface area contributed by atoms with Crippen LogP contribution in [0.25, 0.3) is 0 Å². The van der Waals surface area contributed by atoms with Crippen LogP contribution in [-0.4, -0.2) is 28.7 Å². The molecule has 0 aromatic carbocycles. The van der Waals surface area contributed by atoms with E-state index in [0.29, 0.717) is 6.61 Å². The highest BCUT2D eigenvalue weighted by atomic mass is 16.5. The van der Waals surface area contributed by atoms with Gasteiger partial charge in [-0.25, -0.2) is 0 Å². The molecule has 0 spiro atoms. The van der Waals surface area contributed by atoms with Crippen LogP contribution in [0.1, 0.15) is 18.2 Å². The molecule has 6 heteroatoms. The van der Waals surface area contributed by atoms with Gasteiger partial charge in [0.2, 0.25) is 0 Å². The van der Waals surface area contributed by atoms with Crippen molar-refractivity contribution in [3.63, 3.8) is 0 Å². The Morgan fingerprint density at radius 2 is 2.54 bits per heavy atom. The normalized spacial score (nSPS) is 13.2. The number of hydrogen-bond donors (Lipinski definition) is 2. The quantitative estimate of drug-likeness (QED) is 0.471. The number of nitrogens with one attached hydrogen (secondary N) is 1. The van der Waals surface area contributed by atoms with E-state index in [-0.39, 0.29) is 6.04 Å². The van der Waals surface area contributed by atoms with Gasteiger partial charge in [0.1, 0.15) is 0 Å². The molecule has 74 valence electrons. The van der Waals surface area contributed by atoms with Crippen LogP contribution in [0, 0.1) is 0 Å². The lowest BCUT2D eigenvalue weighted by Gasteiger charge is -2.14. The molecule has 1 aromatic rings. The molecule has 0 bridgehead atoms. The van der Waals surface area contributed by atoms with Crippen molar-refractivity contribution in [1.29, 1.82) is 0 Å². The van der Waals surface area contributed by atoms with E-state index in [0.717, 1.165) is 12.1 Å². The predicted molar refractivity (Wildman–Crippen MR) is 47.6 cm³/mol. The first-order valence-electron chi connectivity index (χ1n) is 4.09. The summed E-state index contributed by atoms with van der Waals surface area (Å²) in [5.41, 5.74) is 3.66. The second-order valence-electron chi connectivity index (χ2n) is 2.78. The number of nitrogens with two attached hydrogens (primary N) is 1. The van der Waals surface area contributed by atoms with E-state index >= 15 is 0 Å². The van der Waals surface area contributed by atoms with E-state index in [1.807, 2.05) is 7.05 Å². The van der Waals surface area contributed by atoms with Crippen LogP contribution in [0.5, 0.6) is 0 Å². The number of hydrogen-bond acceptors (Lipinski definition) is 5. The van der Waals surface area contributed by atoms with Gasteiger partial charge >= 0.3 is 0 Å². The average Bonchev–Trinajstić information content (AvgIpc) is 2.54. The fraction of sp³-hybridized carbons (Fsp3) is 0.714. The van der Waals surface area contributed by atoms with Crippen molar-refractivity contribution in [1.82, 2.24) is 20.4 Å². The second kappa shape index (κ2) is 4.90. The van der Waals surface area contributed by atoms with E-state index in [4.69, 9.17) is 10.6 Å². The summed E-state index contributed by atoms with van der Waals surface area (Å²) < 4.78 is 6.66. The summed E-state index contributed by atoms with van der Waals surface area (Å²) in [4.78, 5) is 0. The number of methoxy groups -OCH3 is 1. The molecule has 13 heavy (non-hydrogen) atoms. The van der Waals surface area contributed by atoms with Crippen molar-refractivity contribution in [3.05, 3.63) is 11.9 Å². The van der Waals surface area contributed by atoms with Gasteiger partial charge in [0.05, 0.1) is 17.9 Å². The van der Waals surface area contributed by atoms with Crippen LogP contribution in [0.2, 0.25) is 0 Å². The van der Waals surface area contributed by atoms with Crippen molar-refractivity contribution < 1.29 is 4.74 Å². The molecule has 0 aliphatic rings. The van der Waals surface area contributed by atoms with Gasteiger partial charge in [-0.15, -0.1) is 5.10 Å². The summed E-state index contributed by atoms with van der Waals surface area (Å²) in [6.07, 6.45) is 2.49. The Hall–Kier alpha value is -0.980. The van der Waals surface area contributed by atoms with Crippen molar-refractivity contribution in [2.45, 2.75) is 12.5 Å². The molecule has 6 nitrogen and oxygen atoms in total. The minimum absolute atomic E-state index is 0.0416. The van der Waals surface area contributed by atoms with Gasteiger partial charge in [-0.1, -0.05) is 5.21 Å². The zero-order chi connectivity index (χ0) is 9.68. The molecule has 0 amide bonds. The molecule has 0 saturated heterocycles. The van der Waals surface area contributed by atoms with Gasteiger partial charge in [-0.05, 0) is 6.42 Å². The van der Waals surface area contributed by atoms with Crippen molar-refractivity contribution in [2.24, 2.45) is 12.9 Å². The summed E-state index contributed by atoms with van der Waals surface area (Å²) in [6.45, 7) is 0.653. The summed E-state index contributed by atoms with van der Waals surface area (Å²) in [6, 6.07) is 0.0416. The molecular weight excluding hydrogens is 170 g/mol. The van der Waals surface area contributed by atoms with Crippen LogP contribution in [0.4, 0.5) is 0 Å². The van der Waals surface area contributed by atoms with E-state index in [1.165, 1.54) is 0 Å². The van der Waals surface area contributed by atoms with Gasteiger partial charge in [-0.2, -0.15) is 0 Å². The summed E-state index contributed by atoms with van der Waals surface area (Å²) >= 11 is 0. The molecule has 0 radical (unpaired) electrons. The third kappa shape index (κ3) is 2.48. The summed E-state index contributed by atoms with van der Waals surface area (Å²) in [7, 11) is 3.49. The summed E-state index contributed by atoms with van der Waals surface area (Å²) in [5.74, 6) is 5.40. The van der Waals surface area contributed by atoms with E-state index in [1.54, 1.807) is 18.0 Å². The highest BCUT2D eigenvalue weighted by Crippen LogP contribution is 2.12. The van der Waals surface area contributed by atoms with Gasteiger partial charge in [0.15, 0.2) is 0 Å². The topological polar surface area (TPSA) is 78.0 Å². The Morgan fingerprint density at radius 1 is 1.77 bits per heavy atom. The second-order valence-corrected chi connectivity index (χ2v) is 2.78. The first-order valence-corrected chi connectivity index (χ1v) is 4.09. The molecule has 0 fully saturated rings. The Labute approximate surface area is 77.0 Å². The standard InChI is InChI=1S/C7H15N5O/c1-12-7(5-9-11-12)6(10-8)3-4-13-2/h5-6,10H,3-4,8H2,1-2H3. The van der Waals surface area contributed by atoms with Gasteiger partial charge in [-0.3, -0.25) is 16.0 Å². The lowest BCUT2D eigenvalue weighted by molar-refractivity contribution is 0.181. The summed E-state index contributed by atoms with van der Waals surface area (Å²) in [5, 5.41) is 7.60. The highest BCUT2D eigenvalue weighted by molar-refractivity contribution is 5.00. The zero-order valence-corrected chi connectivity index (χ0v) is 7.90. The van der Waals surface area contributed by atoms with Crippen LogP contribution in [-0.2, 0) is 11.8 Å². The molecule has 0 aliphatic carbocycles. The maximum atomic E-state index is 5.40. The van der Waals surface area contributed by atoms with E-state index < -0.39 is 0 Å². The number of aryl methyl sites for hydroxylation is 1. The molecule has 0 aliphatic heterocycles. The van der Waals surface area contributed by atoms with Crippen LogP contribution >= 0.6 is 0 Å². The van der Waals surface area contributed by atoms with E-state index in [9.17, 15) is 0 Å².